The van der Waals surface area contributed by atoms with Crippen LogP contribution in [0.25, 0.3) is 0 Å². The van der Waals surface area contributed by atoms with Gasteiger partial charge in [-0.1, -0.05) is 43.3 Å². The van der Waals surface area contributed by atoms with Crippen LogP contribution in [0.1, 0.15) is 25.0 Å². The first-order valence-electron chi connectivity index (χ1n) is 11.3. The summed E-state index contributed by atoms with van der Waals surface area (Å²) in [5, 5.41) is 6.55. The van der Waals surface area contributed by atoms with E-state index in [-0.39, 0.29) is 17.9 Å². The van der Waals surface area contributed by atoms with Crippen LogP contribution in [0.3, 0.4) is 0 Å². The van der Waals surface area contributed by atoms with Gasteiger partial charge in [0, 0.05) is 44.4 Å². The van der Waals surface area contributed by atoms with Crippen molar-refractivity contribution < 1.29 is 9.53 Å². The Morgan fingerprint density at radius 2 is 1.94 bits per heavy atom. The molecule has 3 rings (SSSR count). The van der Waals surface area contributed by atoms with E-state index >= 15 is 0 Å². The maximum absolute atomic E-state index is 13.3. The molecule has 0 bridgehead atoms. The topological polar surface area (TPSA) is 56.8 Å². The lowest BCUT2D eigenvalue weighted by Gasteiger charge is -2.25. The van der Waals surface area contributed by atoms with Crippen LogP contribution in [0.5, 0.6) is 5.75 Å². The van der Waals surface area contributed by atoms with Crippen LogP contribution >= 0.6 is 0 Å². The van der Waals surface area contributed by atoms with Gasteiger partial charge >= 0.3 is 0 Å². The van der Waals surface area contributed by atoms with Gasteiger partial charge in [0.15, 0.2) is 0 Å². The van der Waals surface area contributed by atoms with E-state index in [2.05, 4.69) is 41.6 Å². The highest BCUT2D eigenvalue weighted by molar-refractivity contribution is 5.95. The lowest BCUT2D eigenvalue weighted by molar-refractivity contribution is -0.122. The highest BCUT2D eigenvalue weighted by atomic mass is 16.5. The van der Waals surface area contributed by atoms with Gasteiger partial charge in [-0.15, -0.1) is 0 Å². The first-order valence-corrected chi connectivity index (χ1v) is 11.3. The number of hydrogen-bond acceptors (Lipinski definition) is 5. The minimum absolute atomic E-state index is 0.0450. The van der Waals surface area contributed by atoms with Crippen LogP contribution in [-0.4, -0.2) is 64.2 Å². The number of ether oxygens (including phenoxy) is 1. The van der Waals surface area contributed by atoms with E-state index in [1.165, 1.54) is 0 Å². The average Bonchev–Trinajstić information content (AvgIpc) is 2.94. The predicted octanol–water partition coefficient (Wildman–Crippen LogP) is 2.92. The molecule has 1 heterocycles. The Balaban J connectivity index is 1.79. The van der Waals surface area contributed by atoms with Crippen LogP contribution in [-0.2, 0) is 4.79 Å². The molecule has 1 saturated heterocycles. The number of anilines is 1. The van der Waals surface area contributed by atoms with Crippen LogP contribution < -0.4 is 20.3 Å². The Hall–Kier alpha value is -2.41. The zero-order valence-corrected chi connectivity index (χ0v) is 19.0. The van der Waals surface area contributed by atoms with Crippen LogP contribution in [0.15, 0.2) is 54.6 Å². The van der Waals surface area contributed by atoms with E-state index in [0.29, 0.717) is 13.1 Å². The monoisotopic (exact) mass is 424 g/mol. The van der Waals surface area contributed by atoms with Crippen molar-refractivity contribution in [2.24, 2.45) is 5.92 Å². The molecule has 0 radical (unpaired) electrons. The van der Waals surface area contributed by atoms with Gasteiger partial charge in [-0.3, -0.25) is 4.79 Å². The number of nitrogens with one attached hydrogen (secondary N) is 2. The number of carbonyl (C=O) groups is 1. The van der Waals surface area contributed by atoms with Crippen LogP contribution in [0, 0.1) is 5.92 Å². The zero-order chi connectivity index (χ0) is 22.1. The van der Waals surface area contributed by atoms with E-state index in [4.69, 9.17) is 4.74 Å². The van der Waals surface area contributed by atoms with Crippen molar-refractivity contribution >= 4 is 11.6 Å². The Morgan fingerprint density at radius 3 is 2.68 bits per heavy atom. The van der Waals surface area contributed by atoms with Crippen LogP contribution in [0.2, 0.25) is 0 Å². The minimum atomic E-state index is -0.0512. The van der Waals surface area contributed by atoms with Crippen molar-refractivity contribution in [1.82, 2.24) is 15.5 Å². The summed E-state index contributed by atoms with van der Waals surface area (Å²) >= 11 is 0. The van der Waals surface area contributed by atoms with E-state index in [9.17, 15) is 4.79 Å². The molecule has 1 aliphatic heterocycles. The summed E-state index contributed by atoms with van der Waals surface area (Å²) in [5.41, 5.74) is 2.06. The van der Waals surface area contributed by atoms with Crippen molar-refractivity contribution in [2.75, 3.05) is 58.3 Å². The van der Waals surface area contributed by atoms with Gasteiger partial charge in [-0.2, -0.15) is 0 Å². The van der Waals surface area contributed by atoms with E-state index in [1.54, 1.807) is 0 Å². The molecule has 2 aromatic rings. The third-order valence-electron chi connectivity index (χ3n) is 5.73. The third-order valence-corrected chi connectivity index (χ3v) is 5.73. The summed E-state index contributed by atoms with van der Waals surface area (Å²) < 4.78 is 6.41. The summed E-state index contributed by atoms with van der Waals surface area (Å²) in [6.45, 7) is 6.82. The standard InChI is InChI=1S/C25H36N4O2/c1-4-27-18-21-19-28(3)15-16-29(25(21)30)22-11-8-12-23(17-22)31-24(13-14-26-2)20-9-6-5-7-10-20/h5-12,17,21,24,26-27H,4,13-16,18-19H2,1-3H3/t21?,24-/m0/s1. The Labute approximate surface area is 186 Å². The van der Waals surface area contributed by atoms with E-state index in [0.717, 1.165) is 49.6 Å². The molecule has 31 heavy (non-hydrogen) atoms. The second kappa shape index (κ2) is 11.8. The number of hydrogen-bond donors (Lipinski definition) is 2. The second-order valence-corrected chi connectivity index (χ2v) is 8.16. The molecular formula is C25H36N4O2. The van der Waals surface area contributed by atoms with Gasteiger partial charge < -0.3 is 25.2 Å². The van der Waals surface area contributed by atoms with Gasteiger partial charge in [0.2, 0.25) is 5.91 Å². The summed E-state index contributed by atoms with van der Waals surface area (Å²) in [6.07, 6.45) is 0.819. The number of nitrogens with zero attached hydrogens (tertiary/aromatic N) is 2. The second-order valence-electron chi connectivity index (χ2n) is 8.16. The number of rotatable bonds is 10. The zero-order valence-electron chi connectivity index (χ0n) is 19.0. The fraction of sp³-hybridized carbons (Fsp3) is 0.480. The van der Waals surface area contributed by atoms with Gasteiger partial charge in [-0.05, 0) is 44.9 Å². The molecule has 1 amide bonds. The van der Waals surface area contributed by atoms with Crippen molar-refractivity contribution in [2.45, 2.75) is 19.4 Å². The fourth-order valence-corrected chi connectivity index (χ4v) is 4.00. The normalized spacial score (nSPS) is 18.6. The SMILES string of the molecule is CCNCC1CN(C)CCN(c2cccc(O[C@@H](CCNC)c3ccccc3)c2)C1=O. The molecule has 6 nitrogen and oxygen atoms in total. The quantitative estimate of drug-likeness (QED) is 0.614. The molecule has 0 aliphatic carbocycles. The van der Waals surface area contributed by atoms with Crippen molar-refractivity contribution in [3.8, 4) is 5.75 Å². The Morgan fingerprint density at radius 1 is 1.13 bits per heavy atom. The predicted molar refractivity (Wildman–Crippen MR) is 127 cm³/mol. The highest BCUT2D eigenvalue weighted by Crippen LogP contribution is 2.29. The molecule has 1 fully saturated rings. The number of carbonyl (C=O) groups excluding carboxylic acids is 1. The van der Waals surface area contributed by atoms with Crippen LogP contribution in [0.4, 0.5) is 5.69 Å². The Bertz CT molecular complexity index is 814. The van der Waals surface area contributed by atoms with Gasteiger partial charge in [0.05, 0.1) is 5.92 Å². The molecule has 2 atom stereocenters. The molecule has 168 valence electrons. The summed E-state index contributed by atoms with van der Waals surface area (Å²) in [5.74, 6) is 0.915. The highest BCUT2D eigenvalue weighted by Gasteiger charge is 2.30. The van der Waals surface area contributed by atoms with E-state index in [1.807, 2.05) is 54.4 Å². The van der Waals surface area contributed by atoms with Crippen molar-refractivity contribution in [3.05, 3.63) is 60.2 Å². The number of likely N-dealkylation sites (N-methyl/N-ethyl adjacent to an activating group) is 1. The average molecular weight is 425 g/mol. The molecule has 1 aliphatic rings. The maximum atomic E-state index is 13.3. The summed E-state index contributed by atoms with van der Waals surface area (Å²) in [6, 6.07) is 18.3. The lowest BCUT2D eigenvalue weighted by atomic mass is 10.1. The summed E-state index contributed by atoms with van der Waals surface area (Å²) in [4.78, 5) is 17.5. The first-order chi connectivity index (χ1) is 15.1. The largest absolute Gasteiger partial charge is 0.486 e. The molecular weight excluding hydrogens is 388 g/mol. The van der Waals surface area contributed by atoms with Gasteiger partial charge in [0.25, 0.3) is 0 Å². The fourth-order valence-electron chi connectivity index (χ4n) is 4.00. The van der Waals surface area contributed by atoms with E-state index < -0.39 is 0 Å². The third kappa shape index (κ3) is 6.53. The smallest absolute Gasteiger partial charge is 0.232 e. The van der Waals surface area contributed by atoms with Gasteiger partial charge in [-0.25, -0.2) is 0 Å². The molecule has 2 aromatic carbocycles. The molecule has 1 unspecified atom stereocenters. The number of benzene rings is 2. The number of amides is 1. The van der Waals surface area contributed by atoms with Crippen molar-refractivity contribution in [3.63, 3.8) is 0 Å². The maximum Gasteiger partial charge on any atom is 0.232 e. The molecule has 0 spiro atoms. The van der Waals surface area contributed by atoms with Crippen molar-refractivity contribution in [1.29, 1.82) is 0 Å². The molecule has 0 aromatic heterocycles. The Kier molecular flexibility index (Phi) is 8.88. The molecule has 0 saturated carbocycles. The first kappa shape index (κ1) is 23.3. The summed E-state index contributed by atoms with van der Waals surface area (Å²) in [7, 11) is 4.04. The lowest BCUT2D eigenvalue weighted by Crippen LogP contribution is -2.41. The molecule has 6 heteroatoms. The minimum Gasteiger partial charge on any atom is -0.486 e. The molecule has 2 N–H and O–H groups in total. The van der Waals surface area contributed by atoms with Gasteiger partial charge in [0.1, 0.15) is 11.9 Å².